The summed E-state index contributed by atoms with van der Waals surface area (Å²) in [7, 11) is 2.14. The van der Waals surface area contributed by atoms with Crippen molar-refractivity contribution in [2.45, 2.75) is 58.1 Å². The van der Waals surface area contributed by atoms with Crippen LogP contribution in [-0.2, 0) is 4.74 Å². The summed E-state index contributed by atoms with van der Waals surface area (Å²) in [4.78, 5) is 14.2. The zero-order chi connectivity index (χ0) is 14.0. The van der Waals surface area contributed by atoms with Crippen LogP contribution in [0.4, 0.5) is 4.79 Å². The Labute approximate surface area is 116 Å². The molecule has 1 aliphatic heterocycles. The first kappa shape index (κ1) is 14.6. The standard InChI is InChI=1S/C15H28N2O2/c1-15(2,3)19-14(18)16-13-8-12(7-11-5-6-11)9-17(4)10-13/h11-13H,5-10H2,1-4H3,(H,16,18). The number of likely N-dealkylation sites (tertiary alicyclic amines) is 1. The Morgan fingerprint density at radius 2 is 1.95 bits per heavy atom. The highest BCUT2D eigenvalue weighted by Gasteiger charge is 2.32. The minimum Gasteiger partial charge on any atom is -0.444 e. The normalized spacial score (nSPS) is 29.1. The van der Waals surface area contributed by atoms with E-state index in [0.717, 1.165) is 24.8 Å². The first-order valence-electron chi connectivity index (χ1n) is 7.50. The number of ether oxygens (including phenoxy) is 1. The van der Waals surface area contributed by atoms with Crippen LogP contribution in [0.25, 0.3) is 0 Å². The number of hydrogen-bond acceptors (Lipinski definition) is 3. The topological polar surface area (TPSA) is 41.6 Å². The average Bonchev–Trinajstić information content (AvgIpc) is 2.96. The monoisotopic (exact) mass is 268 g/mol. The number of likely N-dealkylation sites (N-methyl/N-ethyl adjacent to an activating group) is 1. The summed E-state index contributed by atoms with van der Waals surface area (Å²) in [6, 6.07) is 0.234. The van der Waals surface area contributed by atoms with Gasteiger partial charge < -0.3 is 15.0 Å². The van der Waals surface area contributed by atoms with Crippen molar-refractivity contribution < 1.29 is 9.53 Å². The molecule has 0 aromatic rings. The third-order valence-corrected chi connectivity index (χ3v) is 3.80. The van der Waals surface area contributed by atoms with Gasteiger partial charge in [-0.15, -0.1) is 0 Å². The molecule has 0 bridgehead atoms. The maximum absolute atomic E-state index is 11.8. The van der Waals surface area contributed by atoms with Gasteiger partial charge in [-0.1, -0.05) is 12.8 Å². The zero-order valence-electron chi connectivity index (χ0n) is 12.7. The Kier molecular flexibility index (Phi) is 4.39. The van der Waals surface area contributed by atoms with Gasteiger partial charge in [0.25, 0.3) is 0 Å². The van der Waals surface area contributed by atoms with Crippen LogP contribution in [0.5, 0.6) is 0 Å². The maximum Gasteiger partial charge on any atom is 0.407 e. The van der Waals surface area contributed by atoms with Crippen molar-refractivity contribution in [1.82, 2.24) is 10.2 Å². The molecule has 1 saturated heterocycles. The molecule has 2 fully saturated rings. The van der Waals surface area contributed by atoms with E-state index in [1.165, 1.54) is 25.8 Å². The molecule has 2 aliphatic rings. The van der Waals surface area contributed by atoms with Crippen molar-refractivity contribution in [3.8, 4) is 0 Å². The summed E-state index contributed by atoms with van der Waals surface area (Å²) in [5, 5.41) is 3.03. The van der Waals surface area contributed by atoms with Gasteiger partial charge >= 0.3 is 6.09 Å². The fourth-order valence-corrected chi connectivity index (χ4v) is 3.02. The molecule has 1 heterocycles. The predicted molar refractivity (Wildman–Crippen MR) is 76.1 cm³/mol. The second-order valence-electron chi connectivity index (χ2n) is 7.35. The van der Waals surface area contributed by atoms with Crippen molar-refractivity contribution >= 4 is 6.09 Å². The lowest BCUT2D eigenvalue weighted by atomic mass is 9.90. The van der Waals surface area contributed by atoms with Crippen LogP contribution in [0.15, 0.2) is 0 Å². The first-order chi connectivity index (χ1) is 8.82. The molecule has 0 aromatic carbocycles. The Bertz CT molecular complexity index is 319. The number of nitrogens with zero attached hydrogens (tertiary/aromatic N) is 1. The van der Waals surface area contributed by atoms with Crippen LogP contribution in [0.3, 0.4) is 0 Å². The lowest BCUT2D eigenvalue weighted by molar-refractivity contribution is 0.0457. The molecule has 19 heavy (non-hydrogen) atoms. The molecule has 4 heteroatoms. The van der Waals surface area contributed by atoms with Gasteiger partial charge in [0.1, 0.15) is 5.60 Å². The summed E-state index contributed by atoms with van der Waals surface area (Å²) in [6.45, 7) is 7.80. The highest BCUT2D eigenvalue weighted by Crippen LogP contribution is 2.37. The molecule has 1 N–H and O–H groups in total. The molecule has 0 aromatic heterocycles. The van der Waals surface area contributed by atoms with Gasteiger partial charge in [-0.25, -0.2) is 4.79 Å². The summed E-state index contributed by atoms with van der Waals surface area (Å²) in [5.41, 5.74) is -0.419. The lowest BCUT2D eigenvalue weighted by Gasteiger charge is -2.36. The van der Waals surface area contributed by atoms with E-state index in [0.29, 0.717) is 0 Å². The van der Waals surface area contributed by atoms with Crippen LogP contribution in [-0.4, -0.2) is 42.8 Å². The Morgan fingerprint density at radius 1 is 1.26 bits per heavy atom. The molecule has 0 spiro atoms. The fourth-order valence-electron chi connectivity index (χ4n) is 3.02. The second-order valence-corrected chi connectivity index (χ2v) is 7.35. The van der Waals surface area contributed by atoms with E-state index >= 15 is 0 Å². The van der Waals surface area contributed by atoms with E-state index in [9.17, 15) is 4.79 Å². The average molecular weight is 268 g/mol. The SMILES string of the molecule is CN1CC(CC2CC2)CC(NC(=O)OC(C)(C)C)C1. The maximum atomic E-state index is 11.8. The van der Waals surface area contributed by atoms with Crippen LogP contribution >= 0.6 is 0 Å². The van der Waals surface area contributed by atoms with E-state index < -0.39 is 5.60 Å². The van der Waals surface area contributed by atoms with Crippen molar-refractivity contribution in [3.63, 3.8) is 0 Å². The first-order valence-corrected chi connectivity index (χ1v) is 7.50. The molecular formula is C15H28N2O2. The lowest BCUT2D eigenvalue weighted by Crippen LogP contribution is -2.50. The number of carbonyl (C=O) groups excluding carboxylic acids is 1. The fraction of sp³-hybridized carbons (Fsp3) is 0.933. The molecule has 1 saturated carbocycles. The van der Waals surface area contributed by atoms with Gasteiger partial charge in [0, 0.05) is 19.1 Å². The zero-order valence-corrected chi connectivity index (χ0v) is 12.7. The van der Waals surface area contributed by atoms with Crippen molar-refractivity contribution in [2.24, 2.45) is 11.8 Å². The quantitative estimate of drug-likeness (QED) is 0.855. The van der Waals surface area contributed by atoms with Crippen molar-refractivity contribution in [1.29, 1.82) is 0 Å². The van der Waals surface area contributed by atoms with E-state index in [-0.39, 0.29) is 12.1 Å². The third-order valence-electron chi connectivity index (χ3n) is 3.80. The molecule has 4 nitrogen and oxygen atoms in total. The van der Waals surface area contributed by atoms with Gasteiger partial charge in [-0.2, -0.15) is 0 Å². The highest BCUT2D eigenvalue weighted by molar-refractivity contribution is 5.68. The van der Waals surface area contributed by atoms with Crippen LogP contribution in [0.2, 0.25) is 0 Å². The molecular weight excluding hydrogens is 240 g/mol. The van der Waals surface area contributed by atoms with E-state index in [4.69, 9.17) is 4.74 Å². The molecule has 1 aliphatic carbocycles. The molecule has 2 unspecified atom stereocenters. The number of hydrogen-bond donors (Lipinski definition) is 1. The summed E-state index contributed by atoms with van der Waals surface area (Å²) in [5.74, 6) is 1.69. The predicted octanol–water partition coefficient (Wildman–Crippen LogP) is 2.63. The van der Waals surface area contributed by atoms with Crippen LogP contribution < -0.4 is 5.32 Å². The van der Waals surface area contributed by atoms with Gasteiger partial charge in [-0.05, 0) is 52.5 Å². The molecule has 1 amide bonds. The number of piperidine rings is 1. The second kappa shape index (κ2) is 5.70. The Hall–Kier alpha value is -0.770. The number of nitrogens with one attached hydrogen (secondary N) is 1. The molecule has 110 valence electrons. The van der Waals surface area contributed by atoms with Crippen LogP contribution in [0, 0.1) is 11.8 Å². The minimum atomic E-state index is -0.419. The van der Waals surface area contributed by atoms with E-state index in [1.54, 1.807) is 0 Å². The Morgan fingerprint density at radius 3 is 2.53 bits per heavy atom. The minimum absolute atomic E-state index is 0.234. The smallest absolute Gasteiger partial charge is 0.407 e. The molecule has 2 atom stereocenters. The third kappa shape index (κ3) is 5.39. The van der Waals surface area contributed by atoms with E-state index in [1.807, 2.05) is 20.8 Å². The van der Waals surface area contributed by atoms with Crippen molar-refractivity contribution in [3.05, 3.63) is 0 Å². The molecule has 0 radical (unpaired) electrons. The summed E-state index contributed by atoms with van der Waals surface area (Å²) < 4.78 is 5.34. The van der Waals surface area contributed by atoms with Gasteiger partial charge in [0.05, 0.1) is 0 Å². The van der Waals surface area contributed by atoms with Crippen molar-refractivity contribution in [2.75, 3.05) is 20.1 Å². The summed E-state index contributed by atoms with van der Waals surface area (Å²) >= 11 is 0. The number of alkyl carbamates (subject to hydrolysis) is 1. The number of rotatable bonds is 3. The number of amides is 1. The van der Waals surface area contributed by atoms with Gasteiger partial charge in [-0.3, -0.25) is 0 Å². The van der Waals surface area contributed by atoms with Crippen LogP contribution in [0.1, 0.15) is 46.5 Å². The highest BCUT2D eigenvalue weighted by atomic mass is 16.6. The Balaban J connectivity index is 1.79. The summed E-state index contributed by atoms with van der Waals surface area (Å²) in [6.07, 6.45) is 4.96. The van der Waals surface area contributed by atoms with Gasteiger partial charge in [0.15, 0.2) is 0 Å². The molecule has 2 rings (SSSR count). The number of carbonyl (C=O) groups is 1. The van der Waals surface area contributed by atoms with Gasteiger partial charge in [0.2, 0.25) is 0 Å². The largest absolute Gasteiger partial charge is 0.444 e. The van der Waals surface area contributed by atoms with E-state index in [2.05, 4.69) is 17.3 Å².